The Hall–Kier alpha value is -2.98. The van der Waals surface area contributed by atoms with Gasteiger partial charge in [-0.25, -0.2) is 0 Å². The molecule has 0 spiro atoms. The van der Waals surface area contributed by atoms with Crippen molar-refractivity contribution < 1.29 is 9.67 Å². The van der Waals surface area contributed by atoms with Crippen LogP contribution in [0.2, 0.25) is 0 Å². The fourth-order valence-corrected chi connectivity index (χ4v) is 3.28. The zero-order valence-corrected chi connectivity index (χ0v) is 17.9. The maximum Gasteiger partial charge on any atom is 0.237 e. The van der Waals surface area contributed by atoms with Crippen molar-refractivity contribution in [2.75, 3.05) is 0 Å². The first-order valence-corrected chi connectivity index (χ1v) is 10.1. The van der Waals surface area contributed by atoms with E-state index in [2.05, 4.69) is 26.1 Å². The van der Waals surface area contributed by atoms with Gasteiger partial charge in [0.1, 0.15) is 0 Å². The molecule has 0 aliphatic carbocycles. The minimum absolute atomic E-state index is 0.0365. The number of thiocarbonyl (C=S) groups is 1. The molecule has 3 nitrogen and oxygen atoms in total. The second kappa shape index (κ2) is 9.01. The predicted molar refractivity (Wildman–Crippen MR) is 121 cm³/mol. The van der Waals surface area contributed by atoms with Gasteiger partial charge in [0.2, 0.25) is 5.70 Å². The molecular weight excluding hydrogens is 376 g/mol. The summed E-state index contributed by atoms with van der Waals surface area (Å²) in [5.41, 5.74) is 3.39. The van der Waals surface area contributed by atoms with Crippen molar-refractivity contribution in [1.29, 1.82) is 0 Å². The molecule has 1 heterocycles. The van der Waals surface area contributed by atoms with Crippen LogP contribution in [0.4, 0.5) is 0 Å². The summed E-state index contributed by atoms with van der Waals surface area (Å²) in [5.74, 6) is -0.104. The summed E-state index contributed by atoms with van der Waals surface area (Å²) in [6.45, 7) is 7.03. The number of pyridine rings is 1. The van der Waals surface area contributed by atoms with Gasteiger partial charge >= 0.3 is 0 Å². The lowest BCUT2D eigenvalue weighted by Gasteiger charge is -2.21. The molecule has 0 saturated carbocycles. The third kappa shape index (κ3) is 5.30. The molecule has 0 radical (unpaired) electrons. The molecule has 0 aliphatic heterocycles. The fourth-order valence-electron chi connectivity index (χ4n) is 3.01. The average Bonchev–Trinajstić information content (AvgIpc) is 2.73. The van der Waals surface area contributed by atoms with Crippen LogP contribution in [0.5, 0.6) is 0 Å². The van der Waals surface area contributed by atoms with Crippen molar-refractivity contribution in [2.24, 2.45) is 0 Å². The average molecular weight is 403 g/mol. The van der Waals surface area contributed by atoms with E-state index < -0.39 is 0 Å². The zero-order valence-electron chi connectivity index (χ0n) is 17.1. The molecule has 0 aliphatic rings. The molecule has 0 atom stereocenters. The Bertz CT molecular complexity index is 989. The standard InChI is InChI=1S/C25H26N2OS/c1-25(2,3)21-14-12-20(13-15-21)23(28)22(27-16-8-5-9-17-27)24(29)26-18-19-10-6-4-7-11-19/h4-17H,18H2,1-3H3,(H-,26,28,29). The van der Waals surface area contributed by atoms with Crippen molar-refractivity contribution in [3.8, 4) is 0 Å². The summed E-state index contributed by atoms with van der Waals surface area (Å²) >= 11 is 5.63. The Morgan fingerprint density at radius 1 is 0.897 bits per heavy atom. The maximum atomic E-state index is 13.4. The van der Waals surface area contributed by atoms with E-state index >= 15 is 0 Å². The number of aromatic nitrogens is 1. The molecule has 2 aromatic carbocycles. The van der Waals surface area contributed by atoms with Crippen LogP contribution in [0.1, 0.15) is 37.5 Å². The lowest BCUT2D eigenvalue weighted by molar-refractivity contribution is -0.578. The van der Waals surface area contributed by atoms with E-state index in [1.54, 1.807) is 4.57 Å². The lowest BCUT2D eigenvalue weighted by atomic mass is 9.86. The molecule has 3 rings (SSSR count). The number of nitrogens with zero attached hydrogens (tertiary/aromatic N) is 1. The first kappa shape index (κ1) is 20.7. The van der Waals surface area contributed by atoms with E-state index in [0.717, 1.165) is 5.56 Å². The van der Waals surface area contributed by atoms with Crippen molar-refractivity contribution in [3.05, 3.63) is 102 Å². The normalized spacial score (nSPS) is 12.2. The molecule has 0 saturated heterocycles. The van der Waals surface area contributed by atoms with Crippen LogP contribution in [0.25, 0.3) is 11.5 Å². The van der Waals surface area contributed by atoms with Crippen LogP contribution in [-0.4, -0.2) is 4.99 Å². The molecule has 1 N–H and O–H groups in total. The zero-order chi connectivity index (χ0) is 20.9. The summed E-state index contributed by atoms with van der Waals surface area (Å²) in [5, 5.41) is 16.6. The number of nitrogens with one attached hydrogen (secondary N) is 1. The molecular formula is C25H26N2OS. The van der Waals surface area contributed by atoms with Crippen LogP contribution in [0.3, 0.4) is 0 Å². The highest BCUT2D eigenvalue weighted by atomic mass is 32.1. The number of hydrogen-bond acceptors (Lipinski definition) is 2. The Kier molecular flexibility index (Phi) is 6.45. The van der Waals surface area contributed by atoms with Crippen LogP contribution < -0.4 is 15.0 Å². The van der Waals surface area contributed by atoms with E-state index in [1.807, 2.05) is 85.2 Å². The van der Waals surface area contributed by atoms with E-state index in [4.69, 9.17) is 12.2 Å². The smallest absolute Gasteiger partial charge is 0.237 e. The lowest BCUT2D eigenvalue weighted by Crippen LogP contribution is -2.42. The molecule has 1 aromatic heterocycles. The SMILES string of the molecule is CC(C)(C)c1ccc(/C([O-])=C(/C(=S)NCc2ccccc2)[n+]2ccccc2)cc1. The van der Waals surface area contributed by atoms with Gasteiger partial charge in [0, 0.05) is 18.7 Å². The molecule has 4 heteroatoms. The predicted octanol–water partition coefficient (Wildman–Crippen LogP) is 4.07. The maximum absolute atomic E-state index is 13.4. The van der Waals surface area contributed by atoms with Crippen LogP contribution in [0, 0.1) is 0 Å². The van der Waals surface area contributed by atoms with Gasteiger partial charge in [-0.3, -0.25) is 0 Å². The first-order valence-electron chi connectivity index (χ1n) is 9.67. The van der Waals surface area contributed by atoms with Gasteiger partial charge in [0.25, 0.3) is 0 Å². The van der Waals surface area contributed by atoms with Crippen molar-refractivity contribution in [3.63, 3.8) is 0 Å². The van der Waals surface area contributed by atoms with Gasteiger partial charge < -0.3 is 10.4 Å². The Morgan fingerprint density at radius 2 is 1.48 bits per heavy atom. The number of hydrogen-bond donors (Lipinski definition) is 1. The Morgan fingerprint density at radius 3 is 2.07 bits per heavy atom. The molecule has 0 amide bonds. The summed E-state index contributed by atoms with van der Waals surface area (Å²) in [7, 11) is 0. The third-order valence-corrected chi connectivity index (χ3v) is 5.05. The summed E-state index contributed by atoms with van der Waals surface area (Å²) in [4.78, 5) is 0.426. The van der Waals surface area contributed by atoms with Gasteiger partial charge in [0.15, 0.2) is 17.4 Å². The molecule has 0 fully saturated rings. The number of benzene rings is 2. The summed E-state index contributed by atoms with van der Waals surface area (Å²) in [6, 6.07) is 23.5. The van der Waals surface area contributed by atoms with E-state index in [9.17, 15) is 5.11 Å². The van der Waals surface area contributed by atoms with E-state index in [0.29, 0.717) is 22.8 Å². The molecule has 29 heavy (non-hydrogen) atoms. The van der Waals surface area contributed by atoms with Gasteiger partial charge in [-0.05, 0) is 27.9 Å². The second-order valence-corrected chi connectivity index (χ2v) is 8.36. The fraction of sp³-hybridized carbons (Fsp3) is 0.200. The molecule has 148 valence electrons. The minimum Gasteiger partial charge on any atom is -0.867 e. The summed E-state index contributed by atoms with van der Waals surface area (Å²) < 4.78 is 1.78. The van der Waals surface area contributed by atoms with E-state index in [-0.39, 0.29) is 11.2 Å². The molecule has 3 aromatic rings. The van der Waals surface area contributed by atoms with Crippen molar-refractivity contribution in [1.82, 2.24) is 5.32 Å². The van der Waals surface area contributed by atoms with Crippen molar-refractivity contribution in [2.45, 2.75) is 32.7 Å². The van der Waals surface area contributed by atoms with Gasteiger partial charge in [0.05, 0.1) is 0 Å². The van der Waals surface area contributed by atoms with Crippen LogP contribution in [-0.2, 0) is 12.0 Å². The summed E-state index contributed by atoms with van der Waals surface area (Å²) in [6.07, 6.45) is 3.68. The topological polar surface area (TPSA) is 39.0 Å². The van der Waals surface area contributed by atoms with Crippen molar-refractivity contribution >= 4 is 28.7 Å². The largest absolute Gasteiger partial charge is 0.867 e. The highest BCUT2D eigenvalue weighted by molar-refractivity contribution is 7.81. The molecule has 0 unspecified atom stereocenters. The molecule has 0 bridgehead atoms. The van der Waals surface area contributed by atoms with Crippen LogP contribution in [0.15, 0.2) is 85.2 Å². The Labute approximate surface area is 178 Å². The monoisotopic (exact) mass is 402 g/mol. The third-order valence-electron chi connectivity index (χ3n) is 4.71. The Balaban J connectivity index is 1.95. The highest BCUT2D eigenvalue weighted by Crippen LogP contribution is 2.24. The highest BCUT2D eigenvalue weighted by Gasteiger charge is 2.19. The van der Waals surface area contributed by atoms with Gasteiger partial charge in [-0.15, -0.1) is 0 Å². The minimum atomic E-state index is -0.104. The second-order valence-electron chi connectivity index (χ2n) is 7.96. The van der Waals surface area contributed by atoms with Gasteiger partial charge in [-0.1, -0.05) is 93.7 Å². The van der Waals surface area contributed by atoms with Crippen LogP contribution >= 0.6 is 12.2 Å². The number of rotatable bonds is 5. The van der Waals surface area contributed by atoms with Gasteiger partial charge in [-0.2, -0.15) is 4.57 Å². The van der Waals surface area contributed by atoms with E-state index in [1.165, 1.54) is 5.56 Å². The first-order chi connectivity index (χ1) is 13.9. The quantitative estimate of drug-likeness (QED) is 0.303.